The van der Waals surface area contributed by atoms with Crippen LogP contribution in [0.1, 0.15) is 34.7 Å². The molecule has 34 heavy (non-hydrogen) atoms. The molecular weight excluding hydrogens is 436 g/mol. The number of nitrogens with zero attached hydrogens (tertiary/aromatic N) is 1. The quantitative estimate of drug-likeness (QED) is 0.258. The van der Waals surface area contributed by atoms with Crippen molar-refractivity contribution in [2.75, 3.05) is 5.32 Å². The lowest BCUT2D eigenvalue weighted by Crippen LogP contribution is -2.18. The van der Waals surface area contributed by atoms with Crippen LogP contribution in [0.4, 0.5) is 5.69 Å². The summed E-state index contributed by atoms with van der Waals surface area (Å²) in [7, 11) is 1.65. The van der Waals surface area contributed by atoms with Crippen molar-refractivity contribution in [1.29, 1.82) is 0 Å². The summed E-state index contributed by atoms with van der Waals surface area (Å²) >= 11 is 0. The number of carbonyl (C=O) groups excluding carboxylic acids is 2. The van der Waals surface area contributed by atoms with Gasteiger partial charge in [0.25, 0.3) is 17.4 Å². The maximum absolute atomic E-state index is 12.9. The summed E-state index contributed by atoms with van der Waals surface area (Å²) in [6.45, 7) is 3.88. The van der Waals surface area contributed by atoms with Crippen LogP contribution in [0, 0.1) is 0 Å². The van der Waals surface area contributed by atoms with Gasteiger partial charge in [-0.1, -0.05) is 18.2 Å². The van der Waals surface area contributed by atoms with E-state index in [1.165, 1.54) is 28.8 Å². The standard InChI is InChI=1S/C25H24N4O5/c1-14(2)34-21-7-5-4-6-17(21)19-13-29(3)25(32)22-18(19)12-20(27-22)24(31)26-16-10-8-15(9-11-16)23(30)28-33/h4-14,27,33H,1-3H3,(H,26,31)(H,28,30). The number of nitrogens with one attached hydrogen (secondary N) is 3. The number of hydrogen-bond donors (Lipinski definition) is 4. The van der Waals surface area contributed by atoms with Crippen LogP contribution in [0.15, 0.2) is 65.6 Å². The molecule has 2 heterocycles. The fraction of sp³-hybridized carbons (Fsp3) is 0.160. The number of rotatable bonds is 6. The molecule has 0 spiro atoms. The second kappa shape index (κ2) is 9.24. The zero-order valence-corrected chi connectivity index (χ0v) is 18.9. The maximum atomic E-state index is 12.9. The molecule has 0 saturated heterocycles. The van der Waals surface area contributed by atoms with Gasteiger partial charge in [0.1, 0.15) is 17.0 Å². The molecule has 174 valence electrons. The van der Waals surface area contributed by atoms with Gasteiger partial charge in [-0.3, -0.25) is 19.6 Å². The van der Waals surface area contributed by atoms with Crippen LogP contribution in [0.3, 0.4) is 0 Å². The Labute approximate surface area is 195 Å². The highest BCUT2D eigenvalue weighted by atomic mass is 16.5. The molecule has 0 aliphatic heterocycles. The van der Waals surface area contributed by atoms with Crippen LogP contribution in [0.5, 0.6) is 5.75 Å². The lowest BCUT2D eigenvalue weighted by Gasteiger charge is -2.15. The third kappa shape index (κ3) is 4.41. The van der Waals surface area contributed by atoms with Crippen molar-refractivity contribution in [2.24, 2.45) is 7.05 Å². The number of amides is 2. The van der Waals surface area contributed by atoms with E-state index in [0.717, 1.165) is 11.1 Å². The van der Waals surface area contributed by atoms with Gasteiger partial charge < -0.3 is 19.6 Å². The van der Waals surface area contributed by atoms with E-state index in [2.05, 4.69) is 10.3 Å². The SMILES string of the molecule is CC(C)Oc1ccccc1-c1cn(C)c(=O)c2[nH]c(C(=O)Nc3ccc(C(=O)NO)cc3)cc12. The van der Waals surface area contributed by atoms with E-state index in [-0.39, 0.29) is 22.9 Å². The molecule has 0 aliphatic carbocycles. The predicted octanol–water partition coefficient (Wildman–Crippen LogP) is 3.69. The Balaban J connectivity index is 1.73. The Kier molecular flexibility index (Phi) is 6.20. The number of aromatic nitrogens is 2. The van der Waals surface area contributed by atoms with Crippen LogP contribution in [-0.2, 0) is 7.05 Å². The van der Waals surface area contributed by atoms with E-state index in [1.807, 2.05) is 38.1 Å². The van der Waals surface area contributed by atoms with E-state index >= 15 is 0 Å². The van der Waals surface area contributed by atoms with Crippen molar-refractivity contribution in [3.63, 3.8) is 0 Å². The van der Waals surface area contributed by atoms with Gasteiger partial charge in [0.05, 0.1) is 6.10 Å². The lowest BCUT2D eigenvalue weighted by atomic mass is 10.0. The van der Waals surface area contributed by atoms with Gasteiger partial charge >= 0.3 is 0 Å². The summed E-state index contributed by atoms with van der Waals surface area (Å²) < 4.78 is 7.43. The van der Waals surface area contributed by atoms with Gasteiger partial charge in [-0.2, -0.15) is 0 Å². The van der Waals surface area contributed by atoms with Crippen LogP contribution in [-0.4, -0.2) is 32.7 Å². The molecule has 0 unspecified atom stereocenters. The van der Waals surface area contributed by atoms with Gasteiger partial charge in [0.2, 0.25) is 0 Å². The highest BCUT2D eigenvalue weighted by Gasteiger charge is 2.18. The highest BCUT2D eigenvalue weighted by molar-refractivity contribution is 6.08. The molecule has 0 bridgehead atoms. The van der Waals surface area contributed by atoms with Gasteiger partial charge in [0, 0.05) is 41.0 Å². The molecule has 0 atom stereocenters. The molecule has 0 saturated carbocycles. The van der Waals surface area contributed by atoms with Crippen LogP contribution in [0.25, 0.3) is 22.0 Å². The zero-order valence-electron chi connectivity index (χ0n) is 18.9. The largest absolute Gasteiger partial charge is 0.490 e. The Morgan fingerprint density at radius 2 is 1.74 bits per heavy atom. The Hall–Kier alpha value is -4.37. The minimum Gasteiger partial charge on any atom is -0.490 e. The average molecular weight is 460 g/mol. The molecule has 9 heteroatoms. The first-order chi connectivity index (χ1) is 16.3. The molecule has 9 nitrogen and oxygen atoms in total. The number of fused-ring (bicyclic) bond motifs is 1. The first-order valence-corrected chi connectivity index (χ1v) is 10.6. The van der Waals surface area contributed by atoms with E-state index in [4.69, 9.17) is 9.94 Å². The monoisotopic (exact) mass is 460 g/mol. The topological polar surface area (TPSA) is 125 Å². The van der Waals surface area contributed by atoms with Crippen molar-refractivity contribution >= 4 is 28.4 Å². The number of H-pyrrole nitrogens is 1. The number of anilines is 1. The number of hydroxylamine groups is 1. The fourth-order valence-corrected chi connectivity index (χ4v) is 3.68. The Morgan fingerprint density at radius 3 is 2.41 bits per heavy atom. The van der Waals surface area contributed by atoms with Gasteiger partial charge in [0.15, 0.2) is 0 Å². The lowest BCUT2D eigenvalue weighted by molar-refractivity contribution is 0.0706. The molecule has 2 amide bonds. The van der Waals surface area contributed by atoms with E-state index < -0.39 is 11.8 Å². The molecule has 0 aliphatic rings. The third-order valence-corrected chi connectivity index (χ3v) is 5.26. The van der Waals surface area contributed by atoms with Crippen LogP contribution in [0.2, 0.25) is 0 Å². The summed E-state index contributed by atoms with van der Waals surface area (Å²) in [4.78, 5) is 40.1. The smallest absolute Gasteiger partial charge is 0.274 e. The van der Waals surface area contributed by atoms with Crippen LogP contribution < -0.4 is 21.1 Å². The molecule has 4 N–H and O–H groups in total. The summed E-state index contributed by atoms with van der Waals surface area (Å²) in [5.41, 5.74) is 4.04. The van der Waals surface area contributed by atoms with Gasteiger partial charge in [-0.05, 0) is 50.2 Å². The van der Waals surface area contributed by atoms with E-state index in [1.54, 1.807) is 24.8 Å². The first-order valence-electron chi connectivity index (χ1n) is 10.6. The van der Waals surface area contributed by atoms with Crippen molar-refractivity contribution in [1.82, 2.24) is 15.0 Å². The van der Waals surface area contributed by atoms with Gasteiger partial charge in [-0.15, -0.1) is 0 Å². The average Bonchev–Trinajstić information content (AvgIpc) is 3.28. The molecule has 2 aromatic heterocycles. The molecule has 0 radical (unpaired) electrons. The second-order valence-corrected chi connectivity index (χ2v) is 8.07. The van der Waals surface area contributed by atoms with Gasteiger partial charge in [-0.25, -0.2) is 5.48 Å². The number of para-hydroxylation sites is 1. The predicted molar refractivity (Wildman–Crippen MR) is 128 cm³/mol. The number of carbonyl (C=O) groups is 2. The number of ether oxygens (including phenoxy) is 1. The zero-order chi connectivity index (χ0) is 24.4. The Morgan fingerprint density at radius 1 is 1.03 bits per heavy atom. The minimum atomic E-state index is -0.654. The second-order valence-electron chi connectivity index (χ2n) is 8.07. The summed E-state index contributed by atoms with van der Waals surface area (Å²) in [6.07, 6.45) is 1.69. The van der Waals surface area contributed by atoms with Crippen molar-refractivity contribution in [3.05, 3.63) is 82.4 Å². The van der Waals surface area contributed by atoms with E-state index in [0.29, 0.717) is 22.3 Å². The summed E-state index contributed by atoms with van der Waals surface area (Å²) in [6, 6.07) is 15.2. The number of hydrogen-bond acceptors (Lipinski definition) is 5. The number of aromatic amines is 1. The summed E-state index contributed by atoms with van der Waals surface area (Å²) in [5, 5.41) is 12.1. The van der Waals surface area contributed by atoms with Crippen molar-refractivity contribution in [3.8, 4) is 16.9 Å². The molecule has 4 rings (SSSR count). The third-order valence-electron chi connectivity index (χ3n) is 5.26. The number of pyridine rings is 1. The van der Waals surface area contributed by atoms with Crippen LogP contribution >= 0.6 is 0 Å². The highest BCUT2D eigenvalue weighted by Crippen LogP contribution is 2.35. The first kappa shape index (κ1) is 22.8. The normalized spacial score (nSPS) is 11.0. The minimum absolute atomic E-state index is 0.0356. The molecule has 4 aromatic rings. The molecule has 2 aromatic carbocycles. The molecular formula is C25H24N4O5. The van der Waals surface area contributed by atoms with E-state index in [9.17, 15) is 14.4 Å². The molecule has 0 fully saturated rings. The number of aryl methyl sites for hydroxylation is 1. The number of benzene rings is 2. The van der Waals surface area contributed by atoms with Crippen molar-refractivity contribution < 1.29 is 19.5 Å². The maximum Gasteiger partial charge on any atom is 0.274 e. The fourth-order valence-electron chi connectivity index (χ4n) is 3.68. The summed E-state index contributed by atoms with van der Waals surface area (Å²) in [5.74, 6) is -0.425. The Bertz CT molecular complexity index is 1430. The van der Waals surface area contributed by atoms with Crippen molar-refractivity contribution in [2.45, 2.75) is 20.0 Å².